The number of hydrogen-bond donors (Lipinski definition) is 0. The highest BCUT2D eigenvalue weighted by atomic mass is 19.1. The van der Waals surface area contributed by atoms with Crippen LogP contribution in [0.5, 0.6) is 5.88 Å². The van der Waals surface area contributed by atoms with Crippen LogP contribution in [0.3, 0.4) is 0 Å². The molecule has 3 unspecified atom stereocenters. The van der Waals surface area contributed by atoms with Crippen molar-refractivity contribution in [1.29, 1.82) is 0 Å². The predicted molar refractivity (Wildman–Crippen MR) is 84.4 cm³/mol. The molecule has 2 bridgehead atoms. The number of hydrogen-bond acceptors (Lipinski definition) is 6. The molecule has 0 radical (unpaired) electrons. The molecule has 0 spiro atoms. The molecule has 2 aromatic heterocycles. The molecule has 25 heavy (non-hydrogen) atoms. The van der Waals surface area contributed by atoms with Gasteiger partial charge in [-0.1, -0.05) is 0 Å². The summed E-state index contributed by atoms with van der Waals surface area (Å²) in [6, 6.07) is 4.23. The number of fused-ring (bicyclic) bond motifs is 2. The van der Waals surface area contributed by atoms with Crippen molar-refractivity contribution >= 4 is 5.91 Å². The molecular formula is C17H17FN4O3. The molecule has 0 N–H and O–H groups in total. The molecule has 1 saturated carbocycles. The molecular weight excluding hydrogens is 327 g/mol. The van der Waals surface area contributed by atoms with Gasteiger partial charge in [-0.05, 0) is 31.0 Å². The van der Waals surface area contributed by atoms with Gasteiger partial charge in [-0.2, -0.15) is 10.2 Å². The van der Waals surface area contributed by atoms with E-state index in [0.717, 1.165) is 12.8 Å². The molecule has 2 fully saturated rings. The van der Waals surface area contributed by atoms with Gasteiger partial charge in [0.25, 0.3) is 11.8 Å². The zero-order valence-electron chi connectivity index (χ0n) is 13.4. The lowest BCUT2D eigenvalue weighted by Gasteiger charge is -2.31. The van der Waals surface area contributed by atoms with Gasteiger partial charge in [-0.15, -0.1) is 0 Å². The van der Waals surface area contributed by atoms with Crippen LogP contribution in [0.15, 0.2) is 36.8 Å². The first-order chi connectivity index (χ1) is 12.2. The quantitative estimate of drug-likeness (QED) is 0.839. The third-order valence-electron chi connectivity index (χ3n) is 4.62. The number of aromatic nitrogens is 3. The van der Waals surface area contributed by atoms with E-state index in [1.165, 1.54) is 30.7 Å². The van der Waals surface area contributed by atoms with Gasteiger partial charge in [0, 0.05) is 12.7 Å². The molecule has 7 nitrogen and oxygen atoms in total. The fourth-order valence-electron chi connectivity index (χ4n) is 3.47. The first kappa shape index (κ1) is 15.9. The molecule has 130 valence electrons. The number of halogens is 1. The number of carbonyl (C=O) groups is 1. The van der Waals surface area contributed by atoms with Crippen LogP contribution in [0.1, 0.15) is 23.2 Å². The number of ether oxygens (including phenoxy) is 2. The zero-order valence-corrected chi connectivity index (χ0v) is 13.4. The average molecular weight is 344 g/mol. The summed E-state index contributed by atoms with van der Waals surface area (Å²) in [5, 5.41) is 7.46. The summed E-state index contributed by atoms with van der Waals surface area (Å²) in [4.78, 5) is 18.5. The van der Waals surface area contributed by atoms with Crippen molar-refractivity contribution in [3.05, 3.63) is 48.2 Å². The second-order valence-electron chi connectivity index (χ2n) is 6.06. The summed E-state index contributed by atoms with van der Waals surface area (Å²) >= 11 is 0. The lowest BCUT2D eigenvalue weighted by Crippen LogP contribution is -2.47. The fourth-order valence-corrected chi connectivity index (χ4v) is 3.47. The van der Waals surface area contributed by atoms with E-state index in [1.807, 2.05) is 0 Å². The number of rotatable bonds is 3. The third kappa shape index (κ3) is 3.05. The van der Waals surface area contributed by atoms with Crippen molar-refractivity contribution in [1.82, 2.24) is 20.1 Å². The number of nitrogens with zero attached hydrogens (tertiary/aromatic N) is 4. The maximum atomic E-state index is 13.9. The Hall–Kier alpha value is -2.61. The normalized spacial score (nSPS) is 25.5. The fraction of sp³-hybridized carbons (Fsp3) is 0.412. The van der Waals surface area contributed by atoms with Gasteiger partial charge in [0.05, 0.1) is 36.7 Å². The van der Waals surface area contributed by atoms with E-state index in [1.54, 1.807) is 11.0 Å². The Morgan fingerprint density at radius 1 is 1.28 bits per heavy atom. The topological polar surface area (TPSA) is 77.4 Å². The van der Waals surface area contributed by atoms with Crippen molar-refractivity contribution in [2.45, 2.75) is 31.1 Å². The van der Waals surface area contributed by atoms with Gasteiger partial charge >= 0.3 is 0 Å². The summed E-state index contributed by atoms with van der Waals surface area (Å²) < 4.78 is 25.6. The van der Waals surface area contributed by atoms with Gasteiger partial charge in [0.15, 0.2) is 5.82 Å². The van der Waals surface area contributed by atoms with Gasteiger partial charge in [-0.3, -0.25) is 4.79 Å². The van der Waals surface area contributed by atoms with Crippen LogP contribution in [-0.4, -0.2) is 57.4 Å². The molecule has 2 aliphatic rings. The summed E-state index contributed by atoms with van der Waals surface area (Å²) in [7, 11) is 0. The molecule has 8 heteroatoms. The van der Waals surface area contributed by atoms with Crippen molar-refractivity contribution in [2.75, 3.05) is 13.2 Å². The van der Waals surface area contributed by atoms with Crippen molar-refractivity contribution in [3.8, 4) is 5.88 Å². The minimum absolute atomic E-state index is 0.0622. The molecule has 3 heterocycles. The van der Waals surface area contributed by atoms with Crippen molar-refractivity contribution in [3.63, 3.8) is 0 Å². The summed E-state index contributed by atoms with van der Waals surface area (Å²) in [5.41, 5.74) is 0.461. The summed E-state index contributed by atoms with van der Waals surface area (Å²) in [5.74, 6) is -0.739. The van der Waals surface area contributed by atoms with Crippen LogP contribution in [-0.2, 0) is 4.74 Å². The molecule has 1 saturated heterocycles. The monoisotopic (exact) mass is 344 g/mol. The molecule has 0 aromatic carbocycles. The maximum Gasteiger partial charge on any atom is 0.256 e. The molecule has 3 atom stereocenters. The van der Waals surface area contributed by atoms with Gasteiger partial charge in [0.1, 0.15) is 6.10 Å². The van der Waals surface area contributed by atoms with Crippen LogP contribution in [0.25, 0.3) is 0 Å². The Morgan fingerprint density at radius 3 is 3.00 bits per heavy atom. The Balaban J connectivity index is 1.60. The van der Waals surface area contributed by atoms with E-state index in [4.69, 9.17) is 9.47 Å². The van der Waals surface area contributed by atoms with Crippen LogP contribution >= 0.6 is 0 Å². The zero-order chi connectivity index (χ0) is 17.2. The molecule has 1 aliphatic carbocycles. The van der Waals surface area contributed by atoms with Gasteiger partial charge in [0.2, 0.25) is 0 Å². The molecule has 4 rings (SSSR count). The van der Waals surface area contributed by atoms with Gasteiger partial charge < -0.3 is 14.4 Å². The number of carbonyl (C=O) groups excluding carboxylic acids is 1. The predicted octanol–water partition coefficient (Wildman–Crippen LogP) is 1.46. The van der Waals surface area contributed by atoms with E-state index in [2.05, 4.69) is 15.2 Å². The Bertz CT molecular complexity index is 761. The summed E-state index contributed by atoms with van der Waals surface area (Å²) in [6.07, 6.45) is 5.25. The Labute approximate surface area is 143 Å². The standard InChI is InChI=1S/C17H17FN4O3/c18-12-2-1-6-19-16(12)25-15-13-3-4-14(15)24-9-8-22(13)17(23)11-5-7-20-21-10-11/h1-2,5-7,10,13-15H,3-4,8-9H2. The average Bonchev–Trinajstić information content (AvgIpc) is 2.92. The molecule has 1 amide bonds. The highest BCUT2D eigenvalue weighted by molar-refractivity contribution is 5.94. The second kappa shape index (κ2) is 6.72. The largest absolute Gasteiger partial charge is 0.467 e. The SMILES string of the molecule is O=C(c1ccnnc1)N1CCOC2CCC1C2Oc1ncccc1F. The van der Waals surface area contributed by atoms with Gasteiger partial charge in [-0.25, -0.2) is 9.37 Å². The Morgan fingerprint density at radius 2 is 2.20 bits per heavy atom. The number of pyridine rings is 1. The van der Waals surface area contributed by atoms with Crippen molar-refractivity contribution in [2.24, 2.45) is 0 Å². The second-order valence-corrected chi connectivity index (χ2v) is 6.06. The lowest BCUT2D eigenvalue weighted by molar-refractivity contribution is 0.000308. The first-order valence-corrected chi connectivity index (χ1v) is 8.20. The minimum Gasteiger partial charge on any atom is -0.467 e. The first-order valence-electron chi connectivity index (χ1n) is 8.20. The van der Waals surface area contributed by atoms with Crippen LogP contribution < -0.4 is 4.74 Å². The van der Waals surface area contributed by atoms with E-state index >= 15 is 0 Å². The van der Waals surface area contributed by atoms with E-state index in [-0.39, 0.29) is 23.9 Å². The third-order valence-corrected chi connectivity index (χ3v) is 4.62. The smallest absolute Gasteiger partial charge is 0.256 e. The lowest BCUT2D eigenvalue weighted by atomic mass is 10.1. The maximum absolute atomic E-state index is 13.9. The molecule has 1 aliphatic heterocycles. The summed E-state index contributed by atoms with van der Waals surface area (Å²) in [6.45, 7) is 0.864. The highest BCUT2D eigenvalue weighted by Crippen LogP contribution is 2.33. The minimum atomic E-state index is -0.526. The van der Waals surface area contributed by atoms with E-state index < -0.39 is 11.9 Å². The van der Waals surface area contributed by atoms with Crippen LogP contribution in [0, 0.1) is 5.82 Å². The number of amides is 1. The van der Waals surface area contributed by atoms with E-state index in [0.29, 0.717) is 18.7 Å². The van der Waals surface area contributed by atoms with Crippen LogP contribution in [0.2, 0.25) is 0 Å². The highest BCUT2D eigenvalue weighted by Gasteiger charge is 2.46. The van der Waals surface area contributed by atoms with E-state index in [9.17, 15) is 9.18 Å². The molecule has 2 aromatic rings. The van der Waals surface area contributed by atoms with Crippen LogP contribution in [0.4, 0.5) is 4.39 Å². The van der Waals surface area contributed by atoms with Crippen molar-refractivity contribution < 1.29 is 18.7 Å². The Kier molecular flexibility index (Phi) is 4.27.